The van der Waals surface area contributed by atoms with Gasteiger partial charge in [-0.25, -0.2) is 4.79 Å². The number of rotatable bonds is 50. The predicted molar refractivity (Wildman–Crippen MR) is 271 cm³/mol. The number of hydrogen-bond donors (Lipinski definition) is 1. The van der Waals surface area contributed by atoms with Gasteiger partial charge >= 0.3 is 17.9 Å². The summed E-state index contributed by atoms with van der Waals surface area (Å²) in [4.78, 5) is 37.2. The number of unbranched alkanes of at least 4 members (excludes halogenated alkanes) is 32. The van der Waals surface area contributed by atoms with Crippen LogP contribution < -0.4 is 0 Å². The normalized spacial score (nSPS) is 13.0. The van der Waals surface area contributed by atoms with Crippen molar-refractivity contribution in [3.8, 4) is 0 Å². The fourth-order valence-electron chi connectivity index (χ4n) is 8.36. The number of carboxylic acids is 1. The molecule has 0 fully saturated rings. The van der Waals surface area contributed by atoms with E-state index in [0.29, 0.717) is 19.3 Å². The van der Waals surface area contributed by atoms with E-state index >= 15 is 0 Å². The molecule has 8 nitrogen and oxygen atoms in total. The Hall–Kier alpha value is -2.19. The fourth-order valence-corrected chi connectivity index (χ4v) is 8.36. The molecule has 0 aliphatic rings. The van der Waals surface area contributed by atoms with Gasteiger partial charge in [0.1, 0.15) is 6.61 Å². The van der Waals surface area contributed by atoms with Crippen LogP contribution in [-0.2, 0) is 28.6 Å². The minimum Gasteiger partial charge on any atom is -0.477 e. The summed E-state index contributed by atoms with van der Waals surface area (Å²) >= 11 is 0. The van der Waals surface area contributed by atoms with Crippen LogP contribution in [0.25, 0.3) is 0 Å². The molecule has 64 heavy (non-hydrogen) atoms. The van der Waals surface area contributed by atoms with Gasteiger partial charge in [0.05, 0.1) is 34.4 Å². The highest BCUT2D eigenvalue weighted by molar-refractivity contribution is 5.72. The molecule has 0 rings (SSSR count). The highest BCUT2D eigenvalue weighted by Crippen LogP contribution is 2.17. The Balaban J connectivity index is 4.17. The molecule has 2 atom stereocenters. The van der Waals surface area contributed by atoms with Crippen LogP contribution in [0.3, 0.4) is 0 Å². The molecule has 0 radical (unpaired) electrons. The molecule has 0 aliphatic heterocycles. The van der Waals surface area contributed by atoms with Crippen molar-refractivity contribution in [2.24, 2.45) is 0 Å². The molecule has 2 unspecified atom stereocenters. The molecule has 0 saturated heterocycles. The van der Waals surface area contributed by atoms with Gasteiger partial charge in [-0.2, -0.15) is 0 Å². The largest absolute Gasteiger partial charge is 0.477 e. The Morgan fingerprint density at radius 3 is 1.23 bits per heavy atom. The van der Waals surface area contributed by atoms with Crippen LogP contribution in [0.4, 0.5) is 0 Å². The zero-order chi connectivity index (χ0) is 47.0. The van der Waals surface area contributed by atoms with E-state index in [1.807, 2.05) is 21.1 Å². The van der Waals surface area contributed by atoms with Gasteiger partial charge in [0.15, 0.2) is 12.1 Å². The van der Waals surface area contributed by atoms with Crippen molar-refractivity contribution in [2.75, 3.05) is 41.0 Å². The Morgan fingerprint density at radius 2 is 0.828 bits per heavy atom. The predicted octanol–water partition coefficient (Wildman–Crippen LogP) is 16.0. The van der Waals surface area contributed by atoms with Crippen molar-refractivity contribution in [1.29, 1.82) is 0 Å². The van der Waals surface area contributed by atoms with Crippen molar-refractivity contribution in [3.63, 3.8) is 0 Å². The number of esters is 2. The number of carbonyl (C=O) groups is 3. The molecule has 0 bridgehead atoms. The number of aliphatic carboxylic acids is 1. The van der Waals surface area contributed by atoms with Crippen LogP contribution in [-0.4, -0.2) is 80.6 Å². The SMILES string of the molecule is CCCCC/C=C\C/C=C\CCCCCCCCCCCC(=O)OC(COCCC(C(=O)O)[N+](C)(C)C)COC(=O)CCCCCCCCCCCCCCCCCCCCCCC. The zero-order valence-electron chi connectivity index (χ0n) is 43.0. The van der Waals surface area contributed by atoms with E-state index in [9.17, 15) is 19.5 Å². The van der Waals surface area contributed by atoms with Gasteiger partial charge in [-0.05, 0) is 44.9 Å². The first kappa shape index (κ1) is 61.8. The maximum Gasteiger partial charge on any atom is 0.362 e. The average Bonchev–Trinajstić information content (AvgIpc) is 3.26. The van der Waals surface area contributed by atoms with E-state index < -0.39 is 18.1 Å². The summed E-state index contributed by atoms with van der Waals surface area (Å²) in [7, 11) is 5.55. The minimum atomic E-state index is -0.872. The lowest BCUT2D eigenvalue weighted by Crippen LogP contribution is -2.50. The second kappa shape index (κ2) is 47.3. The molecule has 0 aliphatic carbocycles. The summed E-state index contributed by atoms with van der Waals surface area (Å²) in [6, 6.07) is -0.613. The summed E-state index contributed by atoms with van der Waals surface area (Å²) in [6.45, 7) is 4.76. The third-order valence-corrected chi connectivity index (χ3v) is 12.6. The van der Waals surface area contributed by atoms with Crippen molar-refractivity contribution in [3.05, 3.63) is 24.3 Å². The van der Waals surface area contributed by atoms with Crippen LogP contribution in [0.1, 0.15) is 264 Å². The molecular formula is C56H106NO7+. The van der Waals surface area contributed by atoms with Gasteiger partial charge in [0, 0.05) is 19.3 Å². The minimum absolute atomic E-state index is 0.0473. The molecule has 0 heterocycles. The van der Waals surface area contributed by atoms with Crippen molar-refractivity contribution in [2.45, 2.75) is 276 Å². The van der Waals surface area contributed by atoms with E-state index in [2.05, 4.69) is 38.2 Å². The second-order valence-corrected chi connectivity index (χ2v) is 19.8. The van der Waals surface area contributed by atoms with Gasteiger partial charge in [0.2, 0.25) is 0 Å². The smallest absolute Gasteiger partial charge is 0.362 e. The van der Waals surface area contributed by atoms with Crippen LogP contribution in [0.5, 0.6) is 0 Å². The number of quaternary nitrogens is 1. The quantitative estimate of drug-likeness (QED) is 0.0281. The first-order chi connectivity index (χ1) is 31.1. The highest BCUT2D eigenvalue weighted by atomic mass is 16.6. The molecule has 0 spiro atoms. The Bertz CT molecular complexity index is 1100. The lowest BCUT2D eigenvalue weighted by Gasteiger charge is -2.31. The van der Waals surface area contributed by atoms with E-state index in [1.165, 1.54) is 186 Å². The third-order valence-electron chi connectivity index (χ3n) is 12.6. The van der Waals surface area contributed by atoms with E-state index in [0.717, 1.165) is 44.9 Å². The lowest BCUT2D eigenvalue weighted by atomic mass is 10.0. The van der Waals surface area contributed by atoms with Crippen LogP contribution in [0.2, 0.25) is 0 Å². The molecule has 0 aromatic carbocycles. The molecular weight excluding hydrogens is 799 g/mol. The maximum atomic E-state index is 12.8. The molecule has 0 aromatic rings. The van der Waals surface area contributed by atoms with E-state index in [1.54, 1.807) is 0 Å². The Kier molecular flexibility index (Phi) is 45.7. The summed E-state index contributed by atoms with van der Waals surface area (Å²) in [5.41, 5.74) is 0. The number of carboxylic acid groups (broad SMARTS) is 1. The van der Waals surface area contributed by atoms with Crippen molar-refractivity contribution < 1.29 is 38.2 Å². The first-order valence-corrected chi connectivity index (χ1v) is 27.4. The molecule has 0 saturated carbocycles. The van der Waals surface area contributed by atoms with Gasteiger partial charge in [-0.3, -0.25) is 9.59 Å². The lowest BCUT2D eigenvalue weighted by molar-refractivity contribution is -0.887. The van der Waals surface area contributed by atoms with Crippen LogP contribution in [0, 0.1) is 0 Å². The summed E-state index contributed by atoms with van der Waals surface area (Å²) in [5, 5.41) is 9.66. The average molecular weight is 905 g/mol. The van der Waals surface area contributed by atoms with Gasteiger partial charge in [0.25, 0.3) is 0 Å². The molecule has 8 heteroatoms. The third kappa shape index (κ3) is 45.0. The topological polar surface area (TPSA) is 99.1 Å². The van der Waals surface area contributed by atoms with E-state index in [-0.39, 0.29) is 36.2 Å². The number of hydrogen-bond acceptors (Lipinski definition) is 6. The molecule has 0 aromatic heterocycles. The molecule has 0 amide bonds. The van der Waals surface area contributed by atoms with E-state index in [4.69, 9.17) is 14.2 Å². The fraction of sp³-hybridized carbons (Fsp3) is 0.875. The summed E-state index contributed by atoms with van der Waals surface area (Å²) in [6.07, 6.45) is 55.1. The second-order valence-electron chi connectivity index (χ2n) is 19.8. The van der Waals surface area contributed by atoms with Crippen LogP contribution in [0.15, 0.2) is 24.3 Å². The Labute approximate surface area is 396 Å². The standard InChI is InChI=1S/C56H105NO7/c1-6-8-10-12-14-16-18-20-22-24-26-27-29-30-32-34-36-38-40-42-44-46-54(58)63-51-52(50-62-49-48-53(56(60)61)57(3,4)5)64-55(59)47-45-43-41-39-37-35-33-31-28-25-23-21-19-17-15-13-11-9-7-2/h15,17,21,23,52-53H,6-14,16,18-20,22,24-51H2,1-5H3/p+1/b17-15-,23-21-. The van der Waals surface area contributed by atoms with Crippen LogP contribution >= 0.6 is 0 Å². The first-order valence-electron chi connectivity index (χ1n) is 27.4. The number of carbonyl (C=O) groups excluding carboxylic acids is 2. The number of likely N-dealkylation sites (N-methyl/N-ethyl adjacent to an activating group) is 1. The molecule has 1 N–H and O–H groups in total. The number of allylic oxidation sites excluding steroid dienone is 4. The number of nitrogens with zero attached hydrogens (tertiary/aromatic N) is 1. The van der Waals surface area contributed by atoms with Gasteiger partial charge in [-0.15, -0.1) is 0 Å². The zero-order valence-corrected chi connectivity index (χ0v) is 43.0. The highest BCUT2D eigenvalue weighted by Gasteiger charge is 2.31. The van der Waals surface area contributed by atoms with Crippen molar-refractivity contribution in [1.82, 2.24) is 0 Å². The summed E-state index contributed by atoms with van der Waals surface area (Å²) in [5.74, 6) is -1.45. The Morgan fingerprint density at radius 1 is 0.469 bits per heavy atom. The molecule has 376 valence electrons. The maximum absolute atomic E-state index is 12.8. The van der Waals surface area contributed by atoms with Gasteiger partial charge in [-0.1, -0.05) is 224 Å². The number of ether oxygens (including phenoxy) is 3. The van der Waals surface area contributed by atoms with Gasteiger partial charge < -0.3 is 23.8 Å². The summed E-state index contributed by atoms with van der Waals surface area (Å²) < 4.78 is 17.4. The van der Waals surface area contributed by atoms with Crippen molar-refractivity contribution >= 4 is 17.9 Å². The monoisotopic (exact) mass is 905 g/mol.